The van der Waals surface area contributed by atoms with Crippen LogP contribution in [0.4, 0.5) is 4.79 Å². The number of carbonyl (C=O) groups excluding carboxylic acids is 1. The van der Waals surface area contributed by atoms with Crippen molar-refractivity contribution in [2.45, 2.75) is 44.3 Å². The van der Waals surface area contributed by atoms with E-state index < -0.39 is 18.3 Å². The average Bonchev–Trinajstić information content (AvgIpc) is 3.14. The first-order chi connectivity index (χ1) is 15.8. The number of nitrogens with one attached hydrogen (secondary N) is 1. The summed E-state index contributed by atoms with van der Waals surface area (Å²) < 4.78 is 5.50. The molecule has 1 amide bonds. The molecule has 0 bridgehead atoms. The van der Waals surface area contributed by atoms with E-state index in [-0.39, 0.29) is 24.5 Å². The SMILES string of the molecule is CC(C)(C)c1cccc(C(O)C(O)CNC(=O)OCC2c3ccccc3-c3ccccc32)c1. The van der Waals surface area contributed by atoms with E-state index >= 15 is 0 Å². The van der Waals surface area contributed by atoms with Gasteiger partial charge >= 0.3 is 6.09 Å². The lowest BCUT2D eigenvalue weighted by atomic mass is 9.85. The minimum Gasteiger partial charge on any atom is -0.449 e. The van der Waals surface area contributed by atoms with Crippen LogP contribution in [-0.2, 0) is 10.2 Å². The Morgan fingerprint density at radius 1 is 0.939 bits per heavy atom. The summed E-state index contributed by atoms with van der Waals surface area (Å²) in [6.45, 7) is 6.36. The molecule has 0 saturated carbocycles. The molecule has 2 atom stereocenters. The van der Waals surface area contributed by atoms with Gasteiger partial charge in [0, 0.05) is 12.5 Å². The Labute approximate surface area is 195 Å². The Morgan fingerprint density at radius 2 is 1.55 bits per heavy atom. The lowest BCUT2D eigenvalue weighted by Gasteiger charge is -2.23. The number of hydrogen-bond acceptors (Lipinski definition) is 4. The monoisotopic (exact) mass is 445 g/mol. The summed E-state index contributed by atoms with van der Waals surface area (Å²) in [6, 6.07) is 23.8. The Bertz CT molecular complexity index is 1090. The zero-order valence-electron chi connectivity index (χ0n) is 19.3. The molecule has 2 unspecified atom stereocenters. The van der Waals surface area contributed by atoms with Crippen molar-refractivity contribution in [3.05, 3.63) is 95.1 Å². The highest BCUT2D eigenvalue weighted by Crippen LogP contribution is 2.44. The molecule has 0 fully saturated rings. The second kappa shape index (κ2) is 9.38. The largest absolute Gasteiger partial charge is 0.449 e. The van der Waals surface area contributed by atoms with Gasteiger partial charge in [0.15, 0.2) is 0 Å². The van der Waals surface area contributed by atoms with Gasteiger partial charge in [0.25, 0.3) is 0 Å². The van der Waals surface area contributed by atoms with Gasteiger partial charge in [0.1, 0.15) is 18.8 Å². The highest BCUT2D eigenvalue weighted by molar-refractivity contribution is 5.79. The molecule has 5 nitrogen and oxygen atoms in total. The van der Waals surface area contributed by atoms with E-state index in [1.807, 2.05) is 42.5 Å². The number of alkyl carbamates (subject to hydrolysis) is 1. The zero-order chi connectivity index (χ0) is 23.6. The maximum absolute atomic E-state index is 12.3. The highest BCUT2D eigenvalue weighted by atomic mass is 16.5. The first-order valence-corrected chi connectivity index (χ1v) is 11.3. The van der Waals surface area contributed by atoms with Crippen LogP contribution in [0.3, 0.4) is 0 Å². The van der Waals surface area contributed by atoms with Crippen molar-refractivity contribution < 1.29 is 19.7 Å². The summed E-state index contributed by atoms with van der Waals surface area (Å²) in [7, 11) is 0. The number of rotatable bonds is 6. The third-order valence-electron chi connectivity index (χ3n) is 6.26. The van der Waals surface area contributed by atoms with Crippen molar-refractivity contribution in [3.63, 3.8) is 0 Å². The Kier molecular flexibility index (Phi) is 6.54. The van der Waals surface area contributed by atoms with Crippen LogP contribution in [0.5, 0.6) is 0 Å². The fraction of sp³-hybridized carbons (Fsp3) is 0.321. The van der Waals surface area contributed by atoms with Crippen molar-refractivity contribution in [2.24, 2.45) is 0 Å². The van der Waals surface area contributed by atoms with E-state index in [9.17, 15) is 15.0 Å². The van der Waals surface area contributed by atoms with Gasteiger partial charge in [-0.05, 0) is 38.8 Å². The van der Waals surface area contributed by atoms with Gasteiger partial charge in [0.2, 0.25) is 0 Å². The standard InChI is InChI=1S/C28H31NO4/c1-28(2,3)19-10-8-9-18(15-19)26(31)25(30)16-29-27(32)33-17-24-22-13-6-4-11-20(22)21-12-5-7-14-23(21)24/h4-15,24-26,30-31H,16-17H2,1-3H3,(H,29,32). The lowest BCUT2D eigenvalue weighted by Crippen LogP contribution is -2.36. The number of ether oxygens (including phenoxy) is 1. The van der Waals surface area contributed by atoms with Crippen LogP contribution in [0.25, 0.3) is 11.1 Å². The maximum Gasteiger partial charge on any atom is 0.407 e. The van der Waals surface area contributed by atoms with Crippen LogP contribution in [0.2, 0.25) is 0 Å². The molecule has 3 aromatic carbocycles. The molecule has 4 rings (SSSR count). The van der Waals surface area contributed by atoms with Gasteiger partial charge in [-0.2, -0.15) is 0 Å². The van der Waals surface area contributed by atoms with Crippen molar-refractivity contribution in [2.75, 3.05) is 13.2 Å². The predicted molar refractivity (Wildman–Crippen MR) is 129 cm³/mol. The van der Waals surface area contributed by atoms with E-state index in [4.69, 9.17) is 4.74 Å². The normalized spacial score (nSPS) is 14.8. The van der Waals surface area contributed by atoms with E-state index in [0.29, 0.717) is 5.56 Å². The van der Waals surface area contributed by atoms with Crippen LogP contribution in [0.1, 0.15) is 55.0 Å². The molecule has 1 aliphatic rings. The first-order valence-electron chi connectivity index (χ1n) is 11.3. The molecule has 1 aliphatic carbocycles. The summed E-state index contributed by atoms with van der Waals surface area (Å²) in [5.74, 6) is -0.0289. The summed E-state index contributed by atoms with van der Waals surface area (Å²) in [4.78, 5) is 12.3. The number of benzene rings is 3. The second-order valence-corrected chi connectivity index (χ2v) is 9.59. The molecule has 0 radical (unpaired) electrons. The quantitative estimate of drug-likeness (QED) is 0.503. The van der Waals surface area contributed by atoms with Crippen molar-refractivity contribution in [3.8, 4) is 11.1 Å². The zero-order valence-corrected chi connectivity index (χ0v) is 19.3. The van der Waals surface area contributed by atoms with Gasteiger partial charge in [-0.25, -0.2) is 4.79 Å². The van der Waals surface area contributed by atoms with Gasteiger partial charge in [-0.3, -0.25) is 0 Å². The molecular weight excluding hydrogens is 414 g/mol. The summed E-state index contributed by atoms with van der Waals surface area (Å²) >= 11 is 0. The number of hydrogen-bond donors (Lipinski definition) is 3. The number of amides is 1. The van der Waals surface area contributed by atoms with Gasteiger partial charge in [0.05, 0.1) is 0 Å². The van der Waals surface area contributed by atoms with Crippen molar-refractivity contribution in [1.82, 2.24) is 5.32 Å². The molecule has 0 spiro atoms. The minimum absolute atomic E-state index is 0.0289. The molecule has 33 heavy (non-hydrogen) atoms. The van der Waals surface area contributed by atoms with Crippen molar-refractivity contribution in [1.29, 1.82) is 0 Å². The Balaban J connectivity index is 1.34. The number of aliphatic hydroxyl groups is 2. The molecule has 0 heterocycles. The van der Waals surface area contributed by atoms with Gasteiger partial charge < -0.3 is 20.3 Å². The summed E-state index contributed by atoms with van der Waals surface area (Å²) in [5, 5.41) is 23.6. The molecular formula is C28H31NO4. The predicted octanol–water partition coefficient (Wildman–Crippen LogP) is 4.92. The van der Waals surface area contributed by atoms with Crippen LogP contribution < -0.4 is 5.32 Å². The lowest BCUT2D eigenvalue weighted by molar-refractivity contribution is 0.0185. The highest BCUT2D eigenvalue weighted by Gasteiger charge is 2.29. The van der Waals surface area contributed by atoms with Gasteiger partial charge in [-0.15, -0.1) is 0 Å². The van der Waals surface area contributed by atoms with E-state index in [1.54, 1.807) is 6.07 Å². The fourth-order valence-electron chi connectivity index (χ4n) is 4.36. The third kappa shape index (κ3) is 4.95. The van der Waals surface area contributed by atoms with Crippen LogP contribution in [-0.4, -0.2) is 35.6 Å². The van der Waals surface area contributed by atoms with Crippen LogP contribution in [0.15, 0.2) is 72.8 Å². The van der Waals surface area contributed by atoms with Gasteiger partial charge in [-0.1, -0.05) is 93.6 Å². The van der Waals surface area contributed by atoms with E-state index in [2.05, 4.69) is 50.4 Å². The first kappa shape index (κ1) is 23.0. The van der Waals surface area contributed by atoms with Crippen LogP contribution in [0, 0.1) is 0 Å². The molecule has 0 saturated heterocycles. The molecule has 5 heteroatoms. The number of carbonyl (C=O) groups is 1. The topological polar surface area (TPSA) is 78.8 Å². The summed E-state index contributed by atoms with van der Waals surface area (Å²) in [6.07, 6.45) is -2.88. The summed E-state index contributed by atoms with van der Waals surface area (Å²) in [5.41, 5.74) is 6.22. The molecule has 3 aromatic rings. The van der Waals surface area contributed by atoms with E-state index in [1.165, 1.54) is 0 Å². The smallest absolute Gasteiger partial charge is 0.407 e. The van der Waals surface area contributed by atoms with Crippen LogP contribution >= 0.6 is 0 Å². The Morgan fingerprint density at radius 3 is 2.15 bits per heavy atom. The maximum atomic E-state index is 12.3. The van der Waals surface area contributed by atoms with E-state index in [0.717, 1.165) is 27.8 Å². The second-order valence-electron chi connectivity index (χ2n) is 9.59. The fourth-order valence-corrected chi connectivity index (χ4v) is 4.36. The minimum atomic E-state index is -1.15. The van der Waals surface area contributed by atoms with Crippen molar-refractivity contribution >= 4 is 6.09 Å². The number of aliphatic hydroxyl groups excluding tert-OH is 2. The number of fused-ring (bicyclic) bond motifs is 3. The molecule has 172 valence electrons. The molecule has 3 N–H and O–H groups in total. The molecule has 0 aliphatic heterocycles. The Hall–Kier alpha value is -3.15. The molecule has 0 aromatic heterocycles. The third-order valence-corrected chi connectivity index (χ3v) is 6.26. The average molecular weight is 446 g/mol.